The summed E-state index contributed by atoms with van der Waals surface area (Å²) in [6.45, 7) is 5.90. The molecular formula is C14H20O4. The molecule has 0 radical (unpaired) electrons. The number of carbonyl (C=O) groups excluding carboxylic acids is 1. The number of aliphatic hydroxyl groups excluding tert-OH is 1. The second-order valence-electron chi connectivity index (χ2n) is 4.23. The molecule has 100 valence electrons. The zero-order valence-electron chi connectivity index (χ0n) is 11.3. The number of esters is 1. The Kier molecular flexibility index (Phi) is 5.16. The Hall–Kier alpha value is -1.55. The largest absolute Gasteiger partial charge is 0.496 e. The van der Waals surface area contributed by atoms with Crippen molar-refractivity contribution in [1.82, 2.24) is 0 Å². The lowest BCUT2D eigenvalue weighted by Crippen LogP contribution is -2.11. The van der Waals surface area contributed by atoms with Gasteiger partial charge >= 0.3 is 5.97 Å². The fraction of sp³-hybridized carbons (Fsp3) is 0.500. The molecule has 18 heavy (non-hydrogen) atoms. The van der Waals surface area contributed by atoms with Gasteiger partial charge in [-0.25, -0.2) is 0 Å². The average molecular weight is 252 g/mol. The fourth-order valence-corrected chi connectivity index (χ4v) is 2.00. The summed E-state index contributed by atoms with van der Waals surface area (Å²) >= 11 is 0. The lowest BCUT2D eigenvalue weighted by atomic mass is 9.99. The third-order valence-corrected chi connectivity index (χ3v) is 2.68. The van der Waals surface area contributed by atoms with E-state index in [4.69, 9.17) is 9.47 Å². The van der Waals surface area contributed by atoms with Crippen LogP contribution in [-0.2, 0) is 9.53 Å². The Labute approximate surface area is 108 Å². The molecule has 0 saturated carbocycles. The quantitative estimate of drug-likeness (QED) is 0.817. The van der Waals surface area contributed by atoms with Crippen LogP contribution >= 0.6 is 0 Å². The molecule has 0 fully saturated rings. The maximum atomic E-state index is 11.4. The van der Waals surface area contributed by atoms with Crippen molar-refractivity contribution in [2.45, 2.75) is 33.3 Å². The summed E-state index contributed by atoms with van der Waals surface area (Å²) < 4.78 is 10.1. The van der Waals surface area contributed by atoms with Crippen LogP contribution in [0.3, 0.4) is 0 Å². The molecule has 0 heterocycles. The van der Waals surface area contributed by atoms with E-state index in [2.05, 4.69) is 0 Å². The summed E-state index contributed by atoms with van der Waals surface area (Å²) in [5, 5.41) is 10.1. The van der Waals surface area contributed by atoms with Gasteiger partial charge < -0.3 is 14.6 Å². The number of aliphatic hydroxyl groups is 1. The van der Waals surface area contributed by atoms with E-state index >= 15 is 0 Å². The monoisotopic (exact) mass is 252 g/mol. The van der Waals surface area contributed by atoms with Crippen LogP contribution in [0, 0.1) is 13.8 Å². The van der Waals surface area contributed by atoms with E-state index in [0.29, 0.717) is 17.9 Å². The fourth-order valence-electron chi connectivity index (χ4n) is 2.00. The summed E-state index contributed by atoms with van der Waals surface area (Å²) in [4.78, 5) is 11.4. The molecule has 0 spiro atoms. The van der Waals surface area contributed by atoms with E-state index in [9.17, 15) is 9.90 Å². The van der Waals surface area contributed by atoms with Crippen LogP contribution in [0.2, 0.25) is 0 Å². The van der Waals surface area contributed by atoms with Gasteiger partial charge in [-0.05, 0) is 32.4 Å². The Bertz CT molecular complexity index is 426. The molecular weight excluding hydrogens is 232 g/mol. The highest BCUT2D eigenvalue weighted by atomic mass is 16.5. The second-order valence-corrected chi connectivity index (χ2v) is 4.23. The highest BCUT2D eigenvalue weighted by Gasteiger charge is 2.19. The van der Waals surface area contributed by atoms with Gasteiger partial charge in [0.1, 0.15) is 5.75 Å². The van der Waals surface area contributed by atoms with Crippen LogP contribution in [-0.4, -0.2) is 24.8 Å². The van der Waals surface area contributed by atoms with Crippen molar-refractivity contribution in [2.24, 2.45) is 0 Å². The second kappa shape index (κ2) is 6.40. The molecule has 4 heteroatoms. The summed E-state index contributed by atoms with van der Waals surface area (Å²) in [5.41, 5.74) is 2.59. The number of hydrogen-bond acceptors (Lipinski definition) is 4. The number of rotatable bonds is 5. The number of carbonyl (C=O) groups is 1. The Balaban J connectivity index is 2.97. The zero-order valence-corrected chi connectivity index (χ0v) is 11.3. The average Bonchev–Trinajstić information content (AvgIpc) is 2.28. The van der Waals surface area contributed by atoms with Crippen molar-refractivity contribution in [3.63, 3.8) is 0 Å². The minimum Gasteiger partial charge on any atom is -0.496 e. The highest BCUT2D eigenvalue weighted by Crippen LogP contribution is 2.31. The lowest BCUT2D eigenvalue weighted by Gasteiger charge is -2.17. The maximum absolute atomic E-state index is 11.4. The maximum Gasteiger partial charge on any atom is 0.308 e. The Morgan fingerprint density at radius 3 is 2.61 bits per heavy atom. The van der Waals surface area contributed by atoms with Gasteiger partial charge in [-0.2, -0.15) is 0 Å². The molecule has 0 saturated heterocycles. The normalized spacial score (nSPS) is 12.1. The minimum atomic E-state index is -0.905. The summed E-state index contributed by atoms with van der Waals surface area (Å²) in [6.07, 6.45) is -0.967. The van der Waals surface area contributed by atoms with Crippen LogP contribution < -0.4 is 4.74 Å². The van der Waals surface area contributed by atoms with Gasteiger partial charge in [-0.15, -0.1) is 0 Å². The van der Waals surface area contributed by atoms with Gasteiger partial charge in [0.15, 0.2) is 0 Å². The molecule has 1 rings (SSSR count). The third kappa shape index (κ3) is 3.47. The first-order valence-electron chi connectivity index (χ1n) is 5.98. The molecule has 0 aliphatic heterocycles. The van der Waals surface area contributed by atoms with E-state index < -0.39 is 12.1 Å². The van der Waals surface area contributed by atoms with Crippen molar-refractivity contribution in [3.8, 4) is 5.75 Å². The number of aryl methyl sites for hydroxylation is 2. The molecule has 0 amide bonds. The first kappa shape index (κ1) is 14.5. The topological polar surface area (TPSA) is 55.8 Å². The Morgan fingerprint density at radius 1 is 1.39 bits per heavy atom. The number of hydrogen-bond donors (Lipinski definition) is 1. The standard InChI is InChI=1S/C14H20O4/c1-5-18-13(16)8-12(15)11-7-9(2)6-10(3)14(11)17-4/h6-7,12,15H,5,8H2,1-4H3. The molecule has 4 nitrogen and oxygen atoms in total. The van der Waals surface area contributed by atoms with E-state index in [1.54, 1.807) is 14.0 Å². The van der Waals surface area contributed by atoms with Crippen LogP contribution in [0.1, 0.15) is 36.1 Å². The third-order valence-electron chi connectivity index (χ3n) is 2.68. The molecule has 0 bridgehead atoms. The zero-order chi connectivity index (χ0) is 13.7. The SMILES string of the molecule is CCOC(=O)CC(O)c1cc(C)cc(C)c1OC. The van der Waals surface area contributed by atoms with E-state index in [1.807, 2.05) is 26.0 Å². The van der Waals surface area contributed by atoms with Crippen LogP contribution in [0.5, 0.6) is 5.75 Å². The molecule has 1 atom stereocenters. The van der Waals surface area contributed by atoms with Crippen molar-refractivity contribution < 1.29 is 19.4 Å². The summed E-state index contributed by atoms with van der Waals surface area (Å²) in [5.74, 6) is 0.212. The molecule has 1 unspecified atom stereocenters. The summed E-state index contributed by atoms with van der Waals surface area (Å²) in [7, 11) is 1.55. The van der Waals surface area contributed by atoms with Gasteiger partial charge in [-0.1, -0.05) is 11.6 Å². The smallest absolute Gasteiger partial charge is 0.308 e. The molecule has 0 aromatic heterocycles. The van der Waals surface area contributed by atoms with E-state index in [1.165, 1.54) is 0 Å². The Morgan fingerprint density at radius 2 is 2.06 bits per heavy atom. The van der Waals surface area contributed by atoms with Gasteiger partial charge in [0.25, 0.3) is 0 Å². The van der Waals surface area contributed by atoms with Crippen LogP contribution in [0.25, 0.3) is 0 Å². The van der Waals surface area contributed by atoms with E-state index in [-0.39, 0.29) is 6.42 Å². The van der Waals surface area contributed by atoms with Gasteiger partial charge in [-0.3, -0.25) is 4.79 Å². The predicted octanol–water partition coefficient (Wildman–Crippen LogP) is 2.30. The molecule has 0 aliphatic rings. The van der Waals surface area contributed by atoms with E-state index in [0.717, 1.165) is 11.1 Å². The summed E-state index contributed by atoms with van der Waals surface area (Å²) in [6, 6.07) is 3.80. The first-order chi connectivity index (χ1) is 8.49. The van der Waals surface area contributed by atoms with Crippen LogP contribution in [0.4, 0.5) is 0 Å². The minimum absolute atomic E-state index is 0.0624. The molecule has 0 aliphatic carbocycles. The van der Waals surface area contributed by atoms with Gasteiger partial charge in [0, 0.05) is 5.56 Å². The molecule has 1 N–H and O–H groups in total. The van der Waals surface area contributed by atoms with Crippen molar-refractivity contribution in [2.75, 3.05) is 13.7 Å². The van der Waals surface area contributed by atoms with Crippen LogP contribution in [0.15, 0.2) is 12.1 Å². The number of methoxy groups -OCH3 is 1. The first-order valence-corrected chi connectivity index (χ1v) is 5.98. The number of benzene rings is 1. The molecule has 1 aromatic carbocycles. The van der Waals surface area contributed by atoms with Gasteiger partial charge in [0.2, 0.25) is 0 Å². The van der Waals surface area contributed by atoms with Gasteiger partial charge in [0.05, 0.1) is 26.2 Å². The predicted molar refractivity (Wildman–Crippen MR) is 68.7 cm³/mol. The highest BCUT2D eigenvalue weighted by molar-refractivity contribution is 5.70. The lowest BCUT2D eigenvalue weighted by molar-refractivity contribution is -0.145. The van der Waals surface area contributed by atoms with Crippen molar-refractivity contribution in [3.05, 3.63) is 28.8 Å². The van der Waals surface area contributed by atoms with Crippen molar-refractivity contribution in [1.29, 1.82) is 0 Å². The van der Waals surface area contributed by atoms with Crippen molar-refractivity contribution >= 4 is 5.97 Å². The molecule has 1 aromatic rings. The number of ether oxygens (including phenoxy) is 2.